The molecule has 0 fully saturated rings. The summed E-state index contributed by atoms with van der Waals surface area (Å²) in [7, 11) is 0. The van der Waals surface area contributed by atoms with E-state index >= 15 is 0 Å². The second-order valence-corrected chi connectivity index (χ2v) is 5.54. The lowest BCUT2D eigenvalue weighted by Gasteiger charge is -2.09. The number of thioether (sulfide) groups is 1. The maximum atomic E-state index is 12.0. The smallest absolute Gasteiger partial charge is 0.346 e. The molecular weight excluding hydrogens is 329 g/mol. The largest absolute Gasteiger partial charge is 0.405 e. The van der Waals surface area contributed by atoms with Crippen molar-refractivity contribution in [3.63, 3.8) is 0 Å². The number of carbonyl (C=O) groups excluding carboxylic acids is 1. The Labute approximate surface area is 135 Å². The number of hydrogen-bond donors (Lipinski definition) is 1. The van der Waals surface area contributed by atoms with Crippen LogP contribution in [0.1, 0.15) is 6.92 Å². The van der Waals surface area contributed by atoms with Crippen LogP contribution in [0.3, 0.4) is 0 Å². The molecule has 1 aromatic heterocycles. The molecule has 0 atom stereocenters. The van der Waals surface area contributed by atoms with E-state index in [2.05, 4.69) is 10.2 Å². The molecule has 2 aromatic rings. The van der Waals surface area contributed by atoms with Crippen LogP contribution in [0.25, 0.3) is 11.4 Å². The highest BCUT2D eigenvalue weighted by Gasteiger charge is 2.27. The first-order valence-electron chi connectivity index (χ1n) is 6.85. The van der Waals surface area contributed by atoms with Crippen molar-refractivity contribution in [1.82, 2.24) is 20.1 Å². The van der Waals surface area contributed by atoms with Crippen molar-refractivity contribution < 1.29 is 18.0 Å². The van der Waals surface area contributed by atoms with Crippen molar-refractivity contribution in [2.45, 2.75) is 24.8 Å². The van der Waals surface area contributed by atoms with Crippen LogP contribution in [0, 0.1) is 0 Å². The quantitative estimate of drug-likeness (QED) is 0.819. The molecule has 2 rings (SSSR count). The topological polar surface area (TPSA) is 59.8 Å². The maximum absolute atomic E-state index is 12.0. The molecule has 1 aromatic carbocycles. The highest BCUT2D eigenvalue weighted by molar-refractivity contribution is 7.99. The first kappa shape index (κ1) is 17.3. The van der Waals surface area contributed by atoms with Crippen molar-refractivity contribution >= 4 is 17.7 Å². The maximum Gasteiger partial charge on any atom is 0.405 e. The van der Waals surface area contributed by atoms with E-state index in [1.54, 1.807) is 0 Å². The van der Waals surface area contributed by atoms with Gasteiger partial charge in [0.05, 0.1) is 5.75 Å². The fourth-order valence-corrected chi connectivity index (χ4v) is 2.69. The number of benzene rings is 1. The second-order valence-electron chi connectivity index (χ2n) is 4.60. The fourth-order valence-electron chi connectivity index (χ4n) is 1.86. The van der Waals surface area contributed by atoms with E-state index < -0.39 is 18.6 Å². The Kier molecular flexibility index (Phi) is 5.64. The van der Waals surface area contributed by atoms with Gasteiger partial charge in [-0.15, -0.1) is 10.2 Å². The van der Waals surface area contributed by atoms with Gasteiger partial charge in [0.25, 0.3) is 0 Å². The van der Waals surface area contributed by atoms with Crippen LogP contribution in [0.5, 0.6) is 0 Å². The molecule has 0 unspecified atom stereocenters. The molecule has 1 N–H and O–H groups in total. The van der Waals surface area contributed by atoms with E-state index in [9.17, 15) is 18.0 Å². The van der Waals surface area contributed by atoms with Crippen molar-refractivity contribution in [3.8, 4) is 11.4 Å². The Balaban J connectivity index is 2.01. The van der Waals surface area contributed by atoms with Crippen LogP contribution < -0.4 is 5.32 Å². The number of rotatable bonds is 6. The lowest BCUT2D eigenvalue weighted by molar-refractivity contribution is -0.136. The Morgan fingerprint density at radius 1 is 1.26 bits per heavy atom. The molecule has 1 heterocycles. The number of carbonyl (C=O) groups is 1. The van der Waals surface area contributed by atoms with Gasteiger partial charge in [-0.3, -0.25) is 4.79 Å². The Morgan fingerprint density at radius 2 is 1.96 bits per heavy atom. The van der Waals surface area contributed by atoms with Gasteiger partial charge in [-0.05, 0) is 6.92 Å². The Bertz CT molecular complexity index is 658. The molecule has 0 saturated carbocycles. The van der Waals surface area contributed by atoms with Gasteiger partial charge < -0.3 is 9.88 Å². The van der Waals surface area contributed by atoms with Crippen LogP contribution in [-0.4, -0.2) is 39.1 Å². The molecule has 0 radical (unpaired) electrons. The minimum atomic E-state index is -4.41. The number of nitrogens with zero attached hydrogens (tertiary/aromatic N) is 3. The van der Waals surface area contributed by atoms with Gasteiger partial charge in [0, 0.05) is 12.1 Å². The van der Waals surface area contributed by atoms with Gasteiger partial charge in [-0.1, -0.05) is 42.1 Å². The summed E-state index contributed by atoms with van der Waals surface area (Å²) in [5.41, 5.74) is 0.884. The minimum absolute atomic E-state index is 0.150. The summed E-state index contributed by atoms with van der Waals surface area (Å²) in [6.07, 6.45) is -4.41. The molecule has 0 aliphatic carbocycles. The van der Waals surface area contributed by atoms with Crippen LogP contribution in [-0.2, 0) is 11.3 Å². The number of aromatic nitrogens is 3. The predicted octanol–water partition coefficient (Wildman–Crippen LogP) is 2.74. The summed E-state index contributed by atoms with van der Waals surface area (Å²) in [6.45, 7) is 1.16. The number of amides is 1. The van der Waals surface area contributed by atoms with Gasteiger partial charge in [-0.2, -0.15) is 13.2 Å². The SMILES string of the molecule is CCn1c(SCC(=O)NCC(F)(F)F)nnc1-c1ccccc1. The van der Waals surface area contributed by atoms with Crippen LogP contribution in [0.2, 0.25) is 0 Å². The van der Waals surface area contributed by atoms with Gasteiger partial charge in [0.2, 0.25) is 5.91 Å². The molecule has 23 heavy (non-hydrogen) atoms. The minimum Gasteiger partial charge on any atom is -0.346 e. The van der Waals surface area contributed by atoms with Crippen molar-refractivity contribution in [3.05, 3.63) is 30.3 Å². The summed E-state index contributed by atoms with van der Waals surface area (Å²) < 4.78 is 37.9. The summed E-state index contributed by atoms with van der Waals surface area (Å²) in [4.78, 5) is 11.5. The van der Waals surface area contributed by atoms with Crippen LogP contribution >= 0.6 is 11.8 Å². The van der Waals surface area contributed by atoms with Gasteiger partial charge in [0.1, 0.15) is 6.54 Å². The summed E-state index contributed by atoms with van der Waals surface area (Å²) in [6, 6.07) is 9.42. The normalized spacial score (nSPS) is 11.5. The van der Waals surface area contributed by atoms with Crippen LogP contribution in [0.15, 0.2) is 35.5 Å². The third-order valence-electron chi connectivity index (χ3n) is 2.88. The first-order valence-corrected chi connectivity index (χ1v) is 7.84. The molecule has 1 amide bonds. The third-order valence-corrected chi connectivity index (χ3v) is 3.85. The van der Waals surface area contributed by atoms with Crippen LogP contribution in [0.4, 0.5) is 13.2 Å². The van der Waals surface area contributed by atoms with Gasteiger partial charge in [-0.25, -0.2) is 0 Å². The zero-order valence-corrected chi connectivity index (χ0v) is 13.1. The number of hydrogen-bond acceptors (Lipinski definition) is 4. The molecule has 0 spiro atoms. The molecule has 5 nitrogen and oxygen atoms in total. The Morgan fingerprint density at radius 3 is 2.57 bits per heavy atom. The summed E-state index contributed by atoms with van der Waals surface area (Å²) >= 11 is 1.06. The third kappa shape index (κ3) is 4.98. The zero-order valence-electron chi connectivity index (χ0n) is 12.3. The molecule has 124 valence electrons. The average Bonchev–Trinajstić information content (AvgIpc) is 2.94. The monoisotopic (exact) mass is 344 g/mol. The van der Waals surface area contributed by atoms with E-state index in [4.69, 9.17) is 0 Å². The predicted molar refractivity (Wildman–Crippen MR) is 80.9 cm³/mol. The van der Waals surface area contributed by atoms with Crippen molar-refractivity contribution in [1.29, 1.82) is 0 Å². The lowest BCUT2D eigenvalue weighted by Crippen LogP contribution is -2.34. The van der Waals surface area contributed by atoms with E-state index in [1.165, 1.54) is 0 Å². The van der Waals surface area contributed by atoms with E-state index in [1.807, 2.05) is 47.1 Å². The standard InChI is InChI=1S/C14H15F3N4OS/c1-2-21-12(10-6-4-3-5-7-10)19-20-13(21)23-8-11(22)18-9-14(15,16)17/h3-7H,2,8-9H2,1H3,(H,18,22). The molecule has 0 aliphatic rings. The highest BCUT2D eigenvalue weighted by atomic mass is 32.2. The zero-order chi connectivity index (χ0) is 16.9. The van der Waals surface area contributed by atoms with Gasteiger partial charge in [0.15, 0.2) is 11.0 Å². The highest BCUT2D eigenvalue weighted by Crippen LogP contribution is 2.23. The van der Waals surface area contributed by atoms with E-state index in [-0.39, 0.29) is 5.75 Å². The van der Waals surface area contributed by atoms with Gasteiger partial charge >= 0.3 is 6.18 Å². The second kappa shape index (κ2) is 7.49. The number of nitrogens with one attached hydrogen (secondary N) is 1. The first-order chi connectivity index (χ1) is 10.9. The molecule has 9 heteroatoms. The Hall–Kier alpha value is -2.03. The summed E-state index contributed by atoms with van der Waals surface area (Å²) in [5, 5.41) is 10.4. The molecule has 0 aliphatic heterocycles. The van der Waals surface area contributed by atoms with Crippen molar-refractivity contribution in [2.75, 3.05) is 12.3 Å². The average molecular weight is 344 g/mol. The van der Waals surface area contributed by atoms with E-state index in [0.29, 0.717) is 17.5 Å². The van der Waals surface area contributed by atoms with Crippen molar-refractivity contribution in [2.24, 2.45) is 0 Å². The molecular formula is C14H15F3N4OS. The molecule has 0 bridgehead atoms. The fraction of sp³-hybridized carbons (Fsp3) is 0.357. The number of alkyl halides is 3. The summed E-state index contributed by atoms with van der Waals surface area (Å²) in [5.74, 6) is -0.186. The van der Waals surface area contributed by atoms with E-state index in [0.717, 1.165) is 17.3 Å². The molecule has 0 saturated heterocycles. The lowest BCUT2D eigenvalue weighted by atomic mass is 10.2. The number of halogens is 3.